The molecule has 0 amide bonds. The number of anilines is 1. The normalized spacial score (nSPS) is 10.0. The van der Waals surface area contributed by atoms with Crippen LogP contribution in [0.1, 0.15) is 11.1 Å². The molecule has 0 fully saturated rings. The Morgan fingerprint density at radius 3 is 2.81 bits per heavy atom. The molecule has 0 saturated heterocycles. The van der Waals surface area contributed by atoms with Gasteiger partial charge in [-0.15, -0.1) is 0 Å². The molecule has 108 valence electrons. The van der Waals surface area contributed by atoms with E-state index in [1.165, 1.54) is 6.07 Å². The van der Waals surface area contributed by atoms with E-state index in [0.29, 0.717) is 17.3 Å². The summed E-state index contributed by atoms with van der Waals surface area (Å²) < 4.78 is 19.5. The van der Waals surface area contributed by atoms with E-state index in [4.69, 9.17) is 21.6 Å². The van der Waals surface area contributed by atoms with Gasteiger partial charge in [0.1, 0.15) is 11.8 Å². The van der Waals surface area contributed by atoms with E-state index in [-0.39, 0.29) is 15.7 Å². The Bertz CT molecular complexity index is 716. The van der Waals surface area contributed by atoms with Crippen LogP contribution in [0.4, 0.5) is 10.1 Å². The van der Waals surface area contributed by atoms with Crippen LogP contribution in [0.5, 0.6) is 5.75 Å². The highest BCUT2D eigenvalue weighted by Gasteiger charge is 2.12. The zero-order valence-corrected chi connectivity index (χ0v) is 13.4. The lowest BCUT2D eigenvalue weighted by Crippen LogP contribution is -2.04. The third-order valence-corrected chi connectivity index (χ3v) is 4.08. The Morgan fingerprint density at radius 2 is 2.14 bits per heavy atom. The van der Waals surface area contributed by atoms with Gasteiger partial charge in [-0.1, -0.05) is 17.7 Å². The van der Waals surface area contributed by atoms with Crippen molar-refractivity contribution in [2.45, 2.75) is 6.54 Å². The Kier molecular flexibility index (Phi) is 5.05. The smallest absolute Gasteiger partial charge is 0.161 e. The number of methoxy groups -OCH3 is 1. The molecule has 2 aromatic carbocycles. The highest BCUT2D eigenvalue weighted by molar-refractivity contribution is 9.10. The fourth-order valence-electron chi connectivity index (χ4n) is 1.86. The molecule has 0 spiro atoms. The Hall–Kier alpha value is -1.77. The van der Waals surface area contributed by atoms with E-state index in [2.05, 4.69) is 21.2 Å². The minimum atomic E-state index is -0.514. The van der Waals surface area contributed by atoms with Gasteiger partial charge >= 0.3 is 0 Å². The van der Waals surface area contributed by atoms with Crippen molar-refractivity contribution in [3.05, 3.63) is 56.8 Å². The first-order valence-electron chi connectivity index (χ1n) is 6.01. The third kappa shape index (κ3) is 3.29. The van der Waals surface area contributed by atoms with Gasteiger partial charge in [0.15, 0.2) is 5.82 Å². The molecule has 3 nitrogen and oxygen atoms in total. The van der Waals surface area contributed by atoms with Gasteiger partial charge in [-0.2, -0.15) is 5.26 Å². The van der Waals surface area contributed by atoms with Crippen LogP contribution in [0.3, 0.4) is 0 Å². The molecule has 2 aromatic rings. The monoisotopic (exact) mass is 368 g/mol. The predicted molar refractivity (Wildman–Crippen MR) is 84.1 cm³/mol. The molecule has 1 N–H and O–H groups in total. The minimum Gasteiger partial charge on any atom is -0.496 e. The lowest BCUT2D eigenvalue weighted by Gasteiger charge is -2.13. The molecular weight excluding hydrogens is 359 g/mol. The van der Waals surface area contributed by atoms with Crippen LogP contribution >= 0.6 is 27.5 Å². The summed E-state index contributed by atoms with van der Waals surface area (Å²) in [5, 5.41) is 12.3. The quantitative estimate of drug-likeness (QED) is 0.847. The van der Waals surface area contributed by atoms with Crippen LogP contribution in [0, 0.1) is 17.1 Å². The lowest BCUT2D eigenvalue weighted by molar-refractivity contribution is 0.410. The van der Waals surface area contributed by atoms with E-state index in [1.807, 2.05) is 6.07 Å². The molecule has 0 aliphatic rings. The van der Waals surface area contributed by atoms with Crippen LogP contribution in [0.15, 0.2) is 34.8 Å². The summed E-state index contributed by atoms with van der Waals surface area (Å²) in [6, 6.07) is 10.3. The summed E-state index contributed by atoms with van der Waals surface area (Å²) in [4.78, 5) is 0. The summed E-state index contributed by atoms with van der Waals surface area (Å²) >= 11 is 9.20. The van der Waals surface area contributed by atoms with Crippen molar-refractivity contribution >= 4 is 33.2 Å². The maximum absolute atomic E-state index is 14.1. The van der Waals surface area contributed by atoms with Crippen LogP contribution < -0.4 is 10.1 Å². The number of hydrogen-bond acceptors (Lipinski definition) is 3. The third-order valence-electron chi connectivity index (χ3n) is 2.95. The number of ether oxygens (including phenoxy) is 1. The second kappa shape index (κ2) is 6.79. The van der Waals surface area contributed by atoms with Gasteiger partial charge in [-0.3, -0.25) is 0 Å². The fraction of sp³-hybridized carbons (Fsp3) is 0.133. The van der Waals surface area contributed by atoms with Crippen molar-refractivity contribution < 1.29 is 9.13 Å². The van der Waals surface area contributed by atoms with Gasteiger partial charge in [0.05, 0.1) is 22.8 Å². The van der Waals surface area contributed by atoms with Crippen molar-refractivity contribution in [1.29, 1.82) is 5.26 Å². The van der Waals surface area contributed by atoms with Crippen molar-refractivity contribution in [3.63, 3.8) is 0 Å². The first-order valence-corrected chi connectivity index (χ1v) is 7.19. The number of benzene rings is 2. The van der Waals surface area contributed by atoms with Gasteiger partial charge in [0, 0.05) is 17.1 Å². The van der Waals surface area contributed by atoms with Crippen LogP contribution in [0.2, 0.25) is 5.02 Å². The minimum absolute atomic E-state index is 0.140. The molecule has 0 saturated carbocycles. The molecule has 2 rings (SSSR count). The van der Waals surface area contributed by atoms with Crippen molar-refractivity contribution in [3.8, 4) is 11.8 Å². The standard InChI is InChI=1S/C15H11BrClFN2O/c1-21-13-4-2-3-11(17)10(13)8-20-12-6-5-9(7-19)14(16)15(12)18/h2-6,20H,8H2,1H3. The molecule has 0 heterocycles. The molecule has 0 aliphatic carbocycles. The first kappa shape index (κ1) is 15.6. The van der Waals surface area contributed by atoms with Crippen LogP contribution in [-0.4, -0.2) is 7.11 Å². The number of nitriles is 1. The van der Waals surface area contributed by atoms with Gasteiger partial charge in [0.25, 0.3) is 0 Å². The van der Waals surface area contributed by atoms with Crippen LogP contribution in [-0.2, 0) is 6.54 Å². The predicted octanol–water partition coefficient (Wildman–Crippen LogP) is 4.73. The molecule has 0 aliphatic heterocycles. The molecular formula is C15H11BrClFN2O. The molecule has 0 unspecified atom stereocenters. The van der Waals surface area contributed by atoms with Crippen molar-refractivity contribution in [2.24, 2.45) is 0 Å². The number of hydrogen-bond donors (Lipinski definition) is 1. The number of nitrogens with zero attached hydrogens (tertiary/aromatic N) is 1. The average Bonchev–Trinajstić information content (AvgIpc) is 2.49. The van der Waals surface area contributed by atoms with E-state index in [9.17, 15) is 4.39 Å². The lowest BCUT2D eigenvalue weighted by atomic mass is 10.1. The zero-order valence-electron chi connectivity index (χ0n) is 11.1. The van der Waals surface area contributed by atoms with Gasteiger partial charge in [-0.05, 0) is 40.2 Å². The summed E-state index contributed by atoms with van der Waals surface area (Å²) in [6.45, 7) is 0.304. The molecule has 0 radical (unpaired) electrons. The summed E-state index contributed by atoms with van der Waals surface area (Å²) in [7, 11) is 1.55. The molecule has 0 aromatic heterocycles. The highest BCUT2D eigenvalue weighted by Crippen LogP contribution is 2.30. The number of nitrogens with one attached hydrogen (secondary N) is 1. The van der Waals surface area contributed by atoms with Gasteiger partial charge < -0.3 is 10.1 Å². The van der Waals surface area contributed by atoms with E-state index >= 15 is 0 Å². The molecule has 0 bridgehead atoms. The Morgan fingerprint density at radius 1 is 1.38 bits per heavy atom. The van der Waals surface area contributed by atoms with E-state index in [0.717, 1.165) is 5.56 Å². The Balaban J connectivity index is 2.26. The molecule has 21 heavy (non-hydrogen) atoms. The first-order chi connectivity index (χ1) is 10.1. The maximum Gasteiger partial charge on any atom is 0.161 e. The second-order valence-electron chi connectivity index (χ2n) is 4.17. The van der Waals surface area contributed by atoms with E-state index < -0.39 is 5.82 Å². The maximum atomic E-state index is 14.1. The van der Waals surface area contributed by atoms with Crippen molar-refractivity contribution in [2.75, 3.05) is 12.4 Å². The number of rotatable bonds is 4. The summed E-state index contributed by atoms with van der Waals surface area (Å²) in [6.07, 6.45) is 0. The van der Waals surface area contributed by atoms with E-state index in [1.54, 1.807) is 31.4 Å². The molecule has 6 heteroatoms. The van der Waals surface area contributed by atoms with Crippen molar-refractivity contribution in [1.82, 2.24) is 0 Å². The molecule has 0 atom stereocenters. The average molecular weight is 370 g/mol. The second-order valence-corrected chi connectivity index (χ2v) is 5.37. The van der Waals surface area contributed by atoms with Gasteiger partial charge in [0.2, 0.25) is 0 Å². The SMILES string of the molecule is COc1cccc(Cl)c1CNc1ccc(C#N)c(Br)c1F. The number of halogens is 3. The van der Waals surface area contributed by atoms with Gasteiger partial charge in [-0.25, -0.2) is 4.39 Å². The topological polar surface area (TPSA) is 45.0 Å². The summed E-state index contributed by atoms with van der Waals surface area (Å²) in [5.74, 6) is 0.114. The highest BCUT2D eigenvalue weighted by atomic mass is 79.9. The fourth-order valence-corrected chi connectivity index (χ4v) is 2.52. The Labute approximate surface area is 135 Å². The largest absolute Gasteiger partial charge is 0.496 e. The summed E-state index contributed by atoms with van der Waals surface area (Å²) in [5.41, 5.74) is 1.26. The zero-order chi connectivity index (χ0) is 15.4. The van der Waals surface area contributed by atoms with Crippen LogP contribution in [0.25, 0.3) is 0 Å².